The molecule has 0 atom stereocenters. The minimum absolute atomic E-state index is 0.796. The first-order valence-electron chi connectivity index (χ1n) is 3.38. The molecule has 0 radical (unpaired) electrons. The van der Waals surface area contributed by atoms with Gasteiger partial charge in [0.05, 0.1) is 7.11 Å². The van der Waals surface area contributed by atoms with E-state index in [1.807, 2.05) is 0 Å². The van der Waals surface area contributed by atoms with Crippen molar-refractivity contribution in [3.05, 3.63) is 11.3 Å². The molecule has 0 bridgehead atoms. The van der Waals surface area contributed by atoms with Gasteiger partial charge in [-0.15, -0.1) is 0 Å². The Balaban J connectivity index is 5.39. The summed E-state index contributed by atoms with van der Waals surface area (Å²) >= 11 is 0. The Morgan fingerprint density at radius 1 is 1.29 bits per heavy atom. The standard InChI is InChI=1S/C7H8F3NO3/c1-3(12)4(6(13)14-2)5(11)7(8,9)10/h11H2,1-2H3. The zero-order valence-electron chi connectivity index (χ0n) is 7.44. The fraction of sp³-hybridized carbons (Fsp3) is 0.429. The summed E-state index contributed by atoms with van der Waals surface area (Å²) in [5.41, 5.74) is 1.69. The number of hydrogen-bond acceptors (Lipinski definition) is 4. The van der Waals surface area contributed by atoms with Gasteiger partial charge in [0, 0.05) is 0 Å². The Bertz CT molecular complexity index is 293. The van der Waals surface area contributed by atoms with Crippen LogP contribution < -0.4 is 5.73 Å². The predicted octanol–water partition coefficient (Wildman–Crippen LogP) is 0.524. The molecule has 0 aliphatic rings. The van der Waals surface area contributed by atoms with Gasteiger partial charge in [-0.3, -0.25) is 4.79 Å². The lowest BCUT2D eigenvalue weighted by Crippen LogP contribution is -2.27. The third-order valence-electron chi connectivity index (χ3n) is 1.32. The summed E-state index contributed by atoms with van der Waals surface area (Å²) in [6.07, 6.45) is -4.92. The van der Waals surface area contributed by atoms with E-state index in [2.05, 4.69) is 10.5 Å². The molecule has 0 aromatic rings. The molecular weight excluding hydrogens is 203 g/mol. The second-order valence-corrected chi connectivity index (χ2v) is 2.33. The third kappa shape index (κ3) is 2.75. The van der Waals surface area contributed by atoms with Crippen molar-refractivity contribution in [3.63, 3.8) is 0 Å². The number of hydrogen-bond donors (Lipinski definition) is 1. The highest BCUT2D eigenvalue weighted by Crippen LogP contribution is 2.24. The summed E-state index contributed by atoms with van der Waals surface area (Å²) in [7, 11) is 0.856. The fourth-order valence-electron chi connectivity index (χ4n) is 0.687. The largest absolute Gasteiger partial charge is 0.465 e. The van der Waals surface area contributed by atoms with Gasteiger partial charge < -0.3 is 10.5 Å². The van der Waals surface area contributed by atoms with E-state index in [-0.39, 0.29) is 0 Å². The average Bonchev–Trinajstić information content (AvgIpc) is 2.01. The molecule has 0 amide bonds. The van der Waals surface area contributed by atoms with Crippen molar-refractivity contribution in [3.8, 4) is 0 Å². The Kier molecular flexibility index (Phi) is 3.67. The summed E-state index contributed by atoms with van der Waals surface area (Å²) in [6.45, 7) is 0.796. The van der Waals surface area contributed by atoms with Crippen LogP contribution in [0.5, 0.6) is 0 Å². The van der Waals surface area contributed by atoms with Crippen LogP contribution >= 0.6 is 0 Å². The smallest absolute Gasteiger partial charge is 0.431 e. The van der Waals surface area contributed by atoms with Crippen LogP contribution in [0.3, 0.4) is 0 Å². The summed E-state index contributed by atoms with van der Waals surface area (Å²) < 4.78 is 40.0. The molecule has 0 aromatic carbocycles. The fourth-order valence-corrected chi connectivity index (χ4v) is 0.687. The van der Waals surface area contributed by atoms with Gasteiger partial charge >= 0.3 is 12.1 Å². The van der Waals surface area contributed by atoms with Crippen LogP contribution in [0.2, 0.25) is 0 Å². The SMILES string of the molecule is COC(=O)C(C(C)=O)=C(N)C(F)(F)F. The highest BCUT2D eigenvalue weighted by molar-refractivity contribution is 6.17. The van der Waals surface area contributed by atoms with Crippen LogP contribution in [-0.2, 0) is 14.3 Å². The number of rotatable bonds is 2. The molecule has 0 unspecified atom stereocenters. The maximum Gasteiger partial charge on any atom is 0.431 e. The Morgan fingerprint density at radius 2 is 1.71 bits per heavy atom. The lowest BCUT2D eigenvalue weighted by Gasteiger charge is -2.10. The van der Waals surface area contributed by atoms with Crippen molar-refractivity contribution < 1.29 is 27.5 Å². The van der Waals surface area contributed by atoms with Gasteiger partial charge in [-0.25, -0.2) is 4.79 Å². The molecule has 0 fully saturated rings. The molecule has 0 aliphatic heterocycles. The quantitative estimate of drug-likeness (QED) is 0.313. The molecule has 0 heterocycles. The number of alkyl halides is 3. The number of esters is 1. The lowest BCUT2D eigenvalue weighted by atomic mass is 10.1. The van der Waals surface area contributed by atoms with Crippen LogP contribution in [0, 0.1) is 0 Å². The monoisotopic (exact) mass is 211 g/mol. The number of Topliss-reactive ketones (excluding diaryl/α,β-unsaturated/α-hetero) is 1. The lowest BCUT2D eigenvalue weighted by molar-refractivity contribution is -0.139. The van der Waals surface area contributed by atoms with E-state index in [4.69, 9.17) is 0 Å². The van der Waals surface area contributed by atoms with Crippen LogP contribution in [0.15, 0.2) is 11.3 Å². The second kappa shape index (κ2) is 4.12. The molecule has 14 heavy (non-hydrogen) atoms. The first-order chi connectivity index (χ1) is 6.21. The van der Waals surface area contributed by atoms with Crippen molar-refractivity contribution >= 4 is 11.8 Å². The maximum atomic E-state index is 12.0. The van der Waals surface area contributed by atoms with E-state index < -0.39 is 29.2 Å². The van der Waals surface area contributed by atoms with E-state index in [1.165, 1.54) is 0 Å². The van der Waals surface area contributed by atoms with Crippen molar-refractivity contribution in [1.82, 2.24) is 0 Å². The van der Waals surface area contributed by atoms with E-state index in [0.717, 1.165) is 14.0 Å². The van der Waals surface area contributed by atoms with Crippen molar-refractivity contribution in [2.45, 2.75) is 13.1 Å². The summed E-state index contributed by atoms with van der Waals surface area (Å²) in [5, 5.41) is 0. The topological polar surface area (TPSA) is 69.4 Å². The highest BCUT2D eigenvalue weighted by atomic mass is 19.4. The molecule has 0 spiro atoms. The van der Waals surface area contributed by atoms with E-state index in [9.17, 15) is 22.8 Å². The molecule has 4 nitrogen and oxygen atoms in total. The Labute approximate surface area is 77.5 Å². The van der Waals surface area contributed by atoms with Gasteiger partial charge in [0.1, 0.15) is 11.3 Å². The Hall–Kier alpha value is -1.53. The van der Waals surface area contributed by atoms with E-state index >= 15 is 0 Å². The molecule has 2 N–H and O–H groups in total. The van der Waals surface area contributed by atoms with Crippen molar-refractivity contribution in [1.29, 1.82) is 0 Å². The van der Waals surface area contributed by atoms with Gasteiger partial charge in [-0.05, 0) is 6.92 Å². The van der Waals surface area contributed by atoms with Crippen molar-refractivity contribution in [2.24, 2.45) is 5.73 Å². The second-order valence-electron chi connectivity index (χ2n) is 2.33. The molecule has 7 heteroatoms. The molecular formula is C7H8F3NO3. The molecule has 0 aromatic heterocycles. The zero-order valence-corrected chi connectivity index (χ0v) is 7.44. The summed E-state index contributed by atoms with van der Waals surface area (Å²) in [4.78, 5) is 21.5. The summed E-state index contributed by atoms with van der Waals surface area (Å²) in [5.74, 6) is -2.49. The molecule has 0 rings (SSSR count). The molecule has 0 aliphatic carbocycles. The van der Waals surface area contributed by atoms with Gasteiger partial charge in [0.15, 0.2) is 5.78 Å². The Morgan fingerprint density at radius 3 is 1.93 bits per heavy atom. The maximum absolute atomic E-state index is 12.0. The normalized spacial score (nSPS) is 13.2. The summed E-state index contributed by atoms with van der Waals surface area (Å²) in [6, 6.07) is 0. The van der Waals surface area contributed by atoms with Gasteiger partial charge in [0.25, 0.3) is 0 Å². The molecule has 0 saturated heterocycles. The van der Waals surface area contributed by atoms with Gasteiger partial charge in [-0.2, -0.15) is 13.2 Å². The number of halogens is 3. The number of ether oxygens (including phenoxy) is 1. The third-order valence-corrected chi connectivity index (χ3v) is 1.32. The van der Waals surface area contributed by atoms with Crippen LogP contribution in [0.1, 0.15) is 6.92 Å². The van der Waals surface area contributed by atoms with E-state index in [1.54, 1.807) is 0 Å². The number of nitrogens with two attached hydrogens (primary N) is 1. The highest BCUT2D eigenvalue weighted by Gasteiger charge is 2.38. The van der Waals surface area contributed by atoms with Gasteiger partial charge in [0.2, 0.25) is 0 Å². The minimum Gasteiger partial charge on any atom is -0.465 e. The number of carbonyl (C=O) groups excluding carboxylic acids is 2. The number of methoxy groups -OCH3 is 1. The van der Waals surface area contributed by atoms with Crippen LogP contribution in [0.25, 0.3) is 0 Å². The molecule has 0 saturated carbocycles. The minimum atomic E-state index is -4.92. The zero-order chi connectivity index (χ0) is 11.5. The number of ketones is 1. The number of carbonyl (C=O) groups is 2. The van der Waals surface area contributed by atoms with Crippen LogP contribution in [0.4, 0.5) is 13.2 Å². The predicted molar refractivity (Wildman–Crippen MR) is 40.0 cm³/mol. The van der Waals surface area contributed by atoms with Gasteiger partial charge in [-0.1, -0.05) is 0 Å². The van der Waals surface area contributed by atoms with Crippen molar-refractivity contribution in [2.75, 3.05) is 7.11 Å². The van der Waals surface area contributed by atoms with Crippen LogP contribution in [-0.4, -0.2) is 25.0 Å². The first kappa shape index (κ1) is 12.5. The first-order valence-corrected chi connectivity index (χ1v) is 3.38. The average molecular weight is 211 g/mol. The molecule has 80 valence electrons. The number of allylic oxidation sites excluding steroid dienone is 1. The van der Waals surface area contributed by atoms with E-state index in [0.29, 0.717) is 0 Å².